The number of likely N-dealkylation sites (tertiary alicyclic amines) is 1. The Morgan fingerprint density at radius 2 is 2.11 bits per heavy atom. The number of carbonyl (C=O) groups excluding carboxylic acids is 1. The van der Waals surface area contributed by atoms with Crippen molar-refractivity contribution in [1.29, 1.82) is 0 Å². The van der Waals surface area contributed by atoms with Crippen molar-refractivity contribution >= 4 is 23.6 Å². The first kappa shape index (κ1) is 15.3. The Labute approximate surface area is 113 Å². The van der Waals surface area contributed by atoms with Crippen molar-refractivity contribution in [2.75, 3.05) is 12.3 Å². The summed E-state index contributed by atoms with van der Waals surface area (Å²) in [5, 5.41) is 8.49. The van der Waals surface area contributed by atoms with E-state index in [2.05, 4.69) is 6.92 Å². The molecule has 18 heavy (non-hydrogen) atoms. The van der Waals surface area contributed by atoms with Crippen LogP contribution in [0, 0.1) is 0 Å². The van der Waals surface area contributed by atoms with Crippen LogP contribution in [0.1, 0.15) is 46.0 Å². The summed E-state index contributed by atoms with van der Waals surface area (Å²) in [4.78, 5) is 25.0. The maximum absolute atomic E-state index is 12.1. The number of carboxylic acid groups (broad SMARTS) is 1. The lowest BCUT2D eigenvalue weighted by Gasteiger charge is -2.35. The largest absolute Gasteiger partial charge is 0.480 e. The Kier molecular flexibility index (Phi) is 6.54. The molecule has 1 amide bonds. The van der Waals surface area contributed by atoms with Crippen LogP contribution in [0.15, 0.2) is 0 Å². The Bertz CT molecular complexity index is 296. The molecular formula is C13H23NO3S. The van der Waals surface area contributed by atoms with E-state index in [0.717, 1.165) is 25.8 Å². The lowest BCUT2D eigenvalue weighted by molar-refractivity contribution is -0.136. The Morgan fingerprint density at radius 3 is 2.67 bits per heavy atom. The lowest BCUT2D eigenvalue weighted by atomic mass is 10.0. The van der Waals surface area contributed by atoms with Crippen molar-refractivity contribution in [2.24, 2.45) is 0 Å². The summed E-state index contributed by atoms with van der Waals surface area (Å²) in [7, 11) is 0. The first-order valence-electron chi connectivity index (χ1n) is 6.74. The Morgan fingerprint density at radius 1 is 1.39 bits per heavy atom. The molecule has 1 saturated heterocycles. The van der Waals surface area contributed by atoms with E-state index in [1.807, 2.05) is 11.8 Å². The lowest BCUT2D eigenvalue weighted by Crippen LogP contribution is -2.44. The number of hydrogen-bond donors (Lipinski definition) is 1. The van der Waals surface area contributed by atoms with Gasteiger partial charge < -0.3 is 10.0 Å². The highest BCUT2D eigenvalue weighted by atomic mass is 32.2. The first-order valence-corrected chi connectivity index (χ1v) is 7.78. The van der Waals surface area contributed by atoms with Crippen LogP contribution < -0.4 is 0 Å². The second-order valence-corrected chi connectivity index (χ2v) is 5.88. The third-order valence-corrected chi connectivity index (χ3v) is 4.82. The van der Waals surface area contributed by atoms with Gasteiger partial charge in [-0.3, -0.25) is 9.59 Å². The summed E-state index contributed by atoms with van der Waals surface area (Å²) >= 11 is 1.25. The van der Waals surface area contributed by atoms with Crippen molar-refractivity contribution in [2.45, 2.75) is 57.2 Å². The van der Waals surface area contributed by atoms with Gasteiger partial charge in [0.2, 0.25) is 5.91 Å². The van der Waals surface area contributed by atoms with Gasteiger partial charge in [-0.15, -0.1) is 11.8 Å². The molecule has 2 atom stereocenters. The topological polar surface area (TPSA) is 57.6 Å². The normalized spacial score (nSPS) is 21.7. The molecule has 0 spiro atoms. The monoisotopic (exact) mass is 273 g/mol. The molecule has 1 aliphatic heterocycles. The van der Waals surface area contributed by atoms with E-state index in [4.69, 9.17) is 5.11 Å². The van der Waals surface area contributed by atoms with Crippen LogP contribution in [0.2, 0.25) is 0 Å². The second kappa shape index (κ2) is 7.67. The maximum atomic E-state index is 12.1. The summed E-state index contributed by atoms with van der Waals surface area (Å²) in [6, 6.07) is 0.358. The Balaban J connectivity index is 2.45. The summed E-state index contributed by atoms with van der Waals surface area (Å²) < 4.78 is 0. The molecule has 0 aromatic rings. The Hall–Kier alpha value is -0.710. The van der Waals surface area contributed by atoms with Crippen molar-refractivity contribution in [3.63, 3.8) is 0 Å². The number of nitrogens with zero attached hydrogens (tertiary/aromatic N) is 1. The predicted octanol–water partition coefficient (Wildman–Crippen LogP) is 2.37. The summed E-state index contributed by atoms with van der Waals surface area (Å²) in [6.45, 7) is 4.78. The molecule has 0 radical (unpaired) electrons. The summed E-state index contributed by atoms with van der Waals surface area (Å²) in [5.74, 6) is -0.423. The van der Waals surface area contributed by atoms with E-state index in [-0.39, 0.29) is 5.91 Å². The third-order valence-electron chi connectivity index (χ3n) is 3.47. The zero-order valence-corrected chi connectivity index (χ0v) is 12.0. The number of rotatable bonds is 6. The van der Waals surface area contributed by atoms with E-state index in [9.17, 15) is 9.59 Å². The van der Waals surface area contributed by atoms with Gasteiger partial charge in [-0.1, -0.05) is 13.8 Å². The number of carboxylic acids is 1. The molecule has 2 unspecified atom stereocenters. The van der Waals surface area contributed by atoms with E-state index in [1.165, 1.54) is 18.2 Å². The molecule has 4 nitrogen and oxygen atoms in total. The fourth-order valence-corrected chi connectivity index (χ4v) is 3.26. The number of thioether (sulfide) groups is 1. The molecular weight excluding hydrogens is 250 g/mol. The molecule has 0 aliphatic carbocycles. The maximum Gasteiger partial charge on any atom is 0.316 e. The molecule has 5 heteroatoms. The molecule has 0 aromatic heterocycles. The van der Waals surface area contributed by atoms with Crippen LogP contribution >= 0.6 is 11.8 Å². The molecule has 0 aromatic carbocycles. The highest BCUT2D eigenvalue weighted by Crippen LogP contribution is 2.22. The minimum Gasteiger partial charge on any atom is -0.480 e. The van der Waals surface area contributed by atoms with E-state index >= 15 is 0 Å². The van der Waals surface area contributed by atoms with Gasteiger partial charge in [0, 0.05) is 12.6 Å². The van der Waals surface area contributed by atoms with Gasteiger partial charge in [0.05, 0.1) is 5.75 Å². The van der Waals surface area contributed by atoms with Gasteiger partial charge in [-0.2, -0.15) is 0 Å². The van der Waals surface area contributed by atoms with Gasteiger partial charge >= 0.3 is 5.97 Å². The number of aliphatic carboxylic acids is 1. The molecule has 104 valence electrons. The third kappa shape index (κ3) is 4.19. The fraction of sp³-hybridized carbons (Fsp3) is 0.846. The van der Waals surface area contributed by atoms with Crippen LogP contribution in [0.5, 0.6) is 0 Å². The number of piperidine rings is 1. The minimum absolute atomic E-state index is 0.103. The van der Waals surface area contributed by atoms with Crippen LogP contribution in [-0.2, 0) is 9.59 Å². The van der Waals surface area contributed by atoms with Gasteiger partial charge in [0.1, 0.15) is 5.25 Å². The van der Waals surface area contributed by atoms with Crippen LogP contribution in [0.4, 0.5) is 0 Å². The molecule has 1 aliphatic rings. The van der Waals surface area contributed by atoms with Gasteiger partial charge in [0.15, 0.2) is 0 Å². The van der Waals surface area contributed by atoms with Crippen molar-refractivity contribution in [3.8, 4) is 0 Å². The van der Waals surface area contributed by atoms with Gasteiger partial charge in [-0.05, 0) is 32.1 Å². The summed E-state index contributed by atoms with van der Waals surface area (Å²) in [5.41, 5.74) is 0. The molecule has 1 N–H and O–H groups in total. The zero-order valence-electron chi connectivity index (χ0n) is 11.2. The standard InChI is InChI=1S/C13H23NO3S/c1-3-10-7-5-6-8-14(10)12(15)9-18-11(4-2)13(16)17/h10-11H,3-9H2,1-2H3,(H,16,17). The van der Waals surface area contributed by atoms with Crippen molar-refractivity contribution < 1.29 is 14.7 Å². The van der Waals surface area contributed by atoms with Crippen molar-refractivity contribution in [3.05, 3.63) is 0 Å². The highest BCUT2D eigenvalue weighted by Gasteiger charge is 2.26. The average Bonchev–Trinajstić information content (AvgIpc) is 2.38. The van der Waals surface area contributed by atoms with E-state index < -0.39 is 11.2 Å². The molecule has 1 heterocycles. The fourth-order valence-electron chi connectivity index (χ4n) is 2.37. The second-order valence-electron chi connectivity index (χ2n) is 4.69. The van der Waals surface area contributed by atoms with E-state index in [0.29, 0.717) is 18.2 Å². The van der Waals surface area contributed by atoms with Crippen LogP contribution in [-0.4, -0.2) is 45.5 Å². The summed E-state index contributed by atoms with van der Waals surface area (Å²) in [6.07, 6.45) is 4.91. The zero-order chi connectivity index (χ0) is 13.5. The molecule has 1 fully saturated rings. The quantitative estimate of drug-likeness (QED) is 0.807. The van der Waals surface area contributed by atoms with Gasteiger partial charge in [-0.25, -0.2) is 0 Å². The van der Waals surface area contributed by atoms with E-state index in [1.54, 1.807) is 0 Å². The molecule has 0 bridgehead atoms. The van der Waals surface area contributed by atoms with Crippen LogP contribution in [0.25, 0.3) is 0 Å². The number of carbonyl (C=O) groups is 2. The van der Waals surface area contributed by atoms with Gasteiger partial charge in [0.25, 0.3) is 0 Å². The SMILES string of the molecule is CCC(SCC(=O)N1CCCCC1CC)C(=O)O. The number of hydrogen-bond acceptors (Lipinski definition) is 3. The molecule has 0 saturated carbocycles. The minimum atomic E-state index is -0.819. The first-order chi connectivity index (χ1) is 8.60. The van der Waals surface area contributed by atoms with Crippen molar-refractivity contribution in [1.82, 2.24) is 4.90 Å². The highest BCUT2D eigenvalue weighted by molar-refractivity contribution is 8.01. The van der Waals surface area contributed by atoms with Crippen LogP contribution in [0.3, 0.4) is 0 Å². The predicted molar refractivity (Wildman–Crippen MR) is 73.8 cm³/mol. The molecule has 1 rings (SSSR count). The average molecular weight is 273 g/mol. The number of amides is 1. The smallest absolute Gasteiger partial charge is 0.316 e.